The van der Waals surface area contributed by atoms with Crippen LogP contribution in [0.4, 0.5) is 4.39 Å². The molecule has 0 spiro atoms. The van der Waals surface area contributed by atoms with Crippen LogP contribution in [0, 0.1) is 5.82 Å². The van der Waals surface area contributed by atoms with Gasteiger partial charge in [0.2, 0.25) is 5.82 Å². The summed E-state index contributed by atoms with van der Waals surface area (Å²) >= 11 is 0. The molecule has 5 N–H and O–H groups in total. The standard InChI is InChI=1S/C21H24FN4O9P/c1-33-20(29)15(6-11-8-23-14-5-3-2-4-12(11)14)25-36(31,32)34-10-17-16(27)7-18(35-17)26-9-13(22)19(28)24-21(26)30/h2-5,8-9,15-18,23,27H,6-7,10H2,1H3,(H,24,28,30)(H2,25,31,32)/t15?,16-,17+,18+/m0/s1. The number of nitrogens with one attached hydrogen (secondary N) is 3. The van der Waals surface area contributed by atoms with E-state index in [0.29, 0.717) is 11.8 Å². The van der Waals surface area contributed by atoms with Crippen LogP contribution >= 0.6 is 7.75 Å². The summed E-state index contributed by atoms with van der Waals surface area (Å²) in [5, 5.41) is 13.4. The molecule has 3 heterocycles. The molecule has 0 amide bonds. The molecular weight excluding hydrogens is 502 g/mol. The number of carbonyl (C=O) groups is 1. The Kier molecular flexibility index (Phi) is 7.54. The topological polar surface area (TPSA) is 185 Å². The minimum atomic E-state index is -4.62. The summed E-state index contributed by atoms with van der Waals surface area (Å²) in [6, 6.07) is 6.09. The number of aliphatic hydroxyl groups excluding tert-OH is 1. The lowest BCUT2D eigenvalue weighted by molar-refractivity contribution is -0.142. The van der Waals surface area contributed by atoms with Crippen molar-refractivity contribution in [3.05, 3.63) is 68.9 Å². The number of ether oxygens (including phenoxy) is 2. The van der Waals surface area contributed by atoms with Crippen molar-refractivity contribution < 1.29 is 37.7 Å². The van der Waals surface area contributed by atoms with Crippen molar-refractivity contribution in [2.75, 3.05) is 13.7 Å². The lowest BCUT2D eigenvalue weighted by Gasteiger charge is -2.22. The van der Waals surface area contributed by atoms with Crippen LogP contribution in [0.15, 0.2) is 46.2 Å². The maximum absolute atomic E-state index is 13.6. The highest BCUT2D eigenvalue weighted by Gasteiger charge is 2.38. The Hall–Kier alpha value is -3.13. The fourth-order valence-corrected chi connectivity index (χ4v) is 4.98. The minimum Gasteiger partial charge on any atom is -0.468 e. The molecule has 194 valence electrons. The van der Waals surface area contributed by atoms with Gasteiger partial charge >= 0.3 is 19.4 Å². The number of benzene rings is 1. The van der Waals surface area contributed by atoms with Crippen molar-refractivity contribution in [3.63, 3.8) is 0 Å². The van der Waals surface area contributed by atoms with Crippen molar-refractivity contribution in [3.8, 4) is 0 Å². The number of halogens is 1. The Morgan fingerprint density at radius 3 is 2.89 bits per heavy atom. The summed E-state index contributed by atoms with van der Waals surface area (Å²) in [5.41, 5.74) is -0.630. The average molecular weight is 526 g/mol. The zero-order valence-corrected chi connectivity index (χ0v) is 19.8. The Balaban J connectivity index is 1.41. The molecule has 0 saturated carbocycles. The largest absolute Gasteiger partial charge is 0.468 e. The van der Waals surface area contributed by atoms with Crippen LogP contribution in [-0.4, -0.2) is 62.5 Å². The van der Waals surface area contributed by atoms with Crippen molar-refractivity contribution >= 4 is 24.6 Å². The lowest BCUT2D eigenvalue weighted by atomic mass is 10.1. The molecule has 0 aliphatic carbocycles. The molecule has 1 fully saturated rings. The number of para-hydroxylation sites is 1. The van der Waals surface area contributed by atoms with Gasteiger partial charge in [0.05, 0.1) is 26.0 Å². The highest BCUT2D eigenvalue weighted by Crippen LogP contribution is 2.40. The Labute approximate surface area is 202 Å². The second-order valence-electron chi connectivity index (χ2n) is 8.16. The lowest BCUT2D eigenvalue weighted by Crippen LogP contribution is -2.38. The molecule has 4 rings (SSSR count). The highest BCUT2D eigenvalue weighted by atomic mass is 31.2. The second kappa shape index (κ2) is 10.5. The number of H-pyrrole nitrogens is 2. The Morgan fingerprint density at radius 2 is 2.14 bits per heavy atom. The summed E-state index contributed by atoms with van der Waals surface area (Å²) in [6.45, 7) is -0.597. The predicted molar refractivity (Wildman–Crippen MR) is 123 cm³/mol. The van der Waals surface area contributed by atoms with Gasteiger partial charge in [-0.15, -0.1) is 0 Å². The van der Waals surface area contributed by atoms with Crippen LogP contribution < -0.4 is 16.3 Å². The smallest absolute Gasteiger partial charge is 0.403 e. The number of hydrogen-bond donors (Lipinski definition) is 5. The molecule has 0 radical (unpaired) electrons. The number of esters is 1. The van der Waals surface area contributed by atoms with E-state index in [1.54, 1.807) is 11.2 Å². The third kappa shape index (κ3) is 5.64. The zero-order chi connectivity index (χ0) is 26.0. The van der Waals surface area contributed by atoms with Gasteiger partial charge in [-0.1, -0.05) is 18.2 Å². The number of aromatic nitrogens is 3. The normalized spacial score (nSPS) is 22.4. The van der Waals surface area contributed by atoms with Gasteiger partial charge in [-0.2, -0.15) is 4.39 Å². The third-order valence-corrected chi connectivity index (χ3v) is 6.89. The molecule has 3 aromatic rings. The van der Waals surface area contributed by atoms with E-state index >= 15 is 0 Å². The molecule has 2 aromatic heterocycles. The number of nitrogens with zero attached hydrogens (tertiary/aromatic N) is 1. The van der Waals surface area contributed by atoms with Gasteiger partial charge in [-0.05, 0) is 11.6 Å². The summed E-state index contributed by atoms with van der Waals surface area (Å²) in [5.74, 6) is -2.02. The first-order valence-corrected chi connectivity index (χ1v) is 12.4. The number of rotatable bonds is 9. The fraction of sp³-hybridized carbons (Fsp3) is 0.381. The molecule has 2 unspecified atom stereocenters. The van der Waals surface area contributed by atoms with E-state index in [-0.39, 0.29) is 12.8 Å². The quantitative estimate of drug-likeness (QED) is 0.192. The number of aromatic amines is 2. The Morgan fingerprint density at radius 1 is 1.39 bits per heavy atom. The van der Waals surface area contributed by atoms with Crippen LogP contribution in [-0.2, 0) is 29.8 Å². The van der Waals surface area contributed by atoms with E-state index in [9.17, 15) is 33.3 Å². The third-order valence-electron chi connectivity index (χ3n) is 5.76. The van der Waals surface area contributed by atoms with Gasteiger partial charge in [0.1, 0.15) is 18.4 Å². The van der Waals surface area contributed by atoms with E-state index in [4.69, 9.17) is 14.0 Å². The highest BCUT2D eigenvalue weighted by molar-refractivity contribution is 7.50. The number of aliphatic hydroxyl groups is 1. The summed E-state index contributed by atoms with van der Waals surface area (Å²) < 4.78 is 42.3. The monoisotopic (exact) mass is 526 g/mol. The summed E-state index contributed by atoms with van der Waals surface area (Å²) in [6.07, 6.45) is -1.39. The van der Waals surface area contributed by atoms with Crippen LogP contribution in [0.1, 0.15) is 18.2 Å². The average Bonchev–Trinajstić information content (AvgIpc) is 3.42. The van der Waals surface area contributed by atoms with Gasteiger partial charge in [0.15, 0.2) is 0 Å². The maximum atomic E-state index is 13.6. The predicted octanol–water partition coefficient (Wildman–Crippen LogP) is 0.296. The number of fused-ring (bicyclic) bond motifs is 1. The van der Waals surface area contributed by atoms with E-state index in [2.05, 4.69) is 10.1 Å². The van der Waals surface area contributed by atoms with Gasteiger partial charge in [-0.25, -0.2) is 14.4 Å². The number of carbonyl (C=O) groups excluding carboxylic acids is 1. The van der Waals surface area contributed by atoms with Crippen molar-refractivity contribution in [1.82, 2.24) is 19.6 Å². The van der Waals surface area contributed by atoms with Crippen LogP contribution in [0.25, 0.3) is 10.9 Å². The van der Waals surface area contributed by atoms with E-state index in [0.717, 1.165) is 22.6 Å². The molecule has 13 nitrogen and oxygen atoms in total. The Bertz CT molecular complexity index is 1420. The van der Waals surface area contributed by atoms with Crippen molar-refractivity contribution in [1.29, 1.82) is 0 Å². The number of methoxy groups -OCH3 is 1. The zero-order valence-electron chi connectivity index (χ0n) is 18.9. The van der Waals surface area contributed by atoms with Crippen molar-refractivity contribution in [2.24, 2.45) is 0 Å². The molecule has 0 bridgehead atoms. The molecular formula is C21H24FN4O9P. The first-order chi connectivity index (χ1) is 17.1. The maximum Gasteiger partial charge on any atom is 0.403 e. The van der Waals surface area contributed by atoms with Crippen molar-refractivity contribution in [2.45, 2.75) is 37.3 Å². The van der Waals surface area contributed by atoms with E-state index < -0.39 is 61.9 Å². The van der Waals surface area contributed by atoms with Crippen LogP contribution in [0.5, 0.6) is 0 Å². The molecule has 15 heteroatoms. The minimum absolute atomic E-state index is 0.00984. The SMILES string of the molecule is COC(=O)C(Cc1c[nH]c2ccccc12)NP(=O)(O)OC[C@H]1O[C@@H](n2cc(F)c(=O)[nH]c2=O)C[C@@H]1O. The first kappa shape index (κ1) is 25.9. The summed E-state index contributed by atoms with van der Waals surface area (Å²) in [4.78, 5) is 50.6. The molecule has 36 heavy (non-hydrogen) atoms. The first-order valence-electron chi connectivity index (χ1n) is 10.8. The van der Waals surface area contributed by atoms with Crippen LogP contribution in [0.2, 0.25) is 0 Å². The van der Waals surface area contributed by atoms with Crippen LogP contribution in [0.3, 0.4) is 0 Å². The van der Waals surface area contributed by atoms with E-state index in [1.807, 2.05) is 24.3 Å². The van der Waals surface area contributed by atoms with Gasteiger partial charge in [-0.3, -0.25) is 23.7 Å². The van der Waals surface area contributed by atoms with Gasteiger partial charge in [0.25, 0.3) is 5.56 Å². The molecule has 5 atom stereocenters. The summed E-state index contributed by atoms with van der Waals surface area (Å²) in [7, 11) is -3.48. The van der Waals surface area contributed by atoms with E-state index in [1.165, 1.54) is 0 Å². The second-order valence-corrected chi connectivity index (χ2v) is 9.72. The molecule has 1 aliphatic heterocycles. The van der Waals surface area contributed by atoms with Gasteiger partial charge in [0, 0.05) is 29.9 Å². The van der Waals surface area contributed by atoms with Gasteiger partial charge < -0.3 is 24.5 Å². The fourth-order valence-electron chi connectivity index (χ4n) is 3.96. The number of hydrogen-bond acceptors (Lipinski definition) is 8. The molecule has 1 saturated heterocycles. The molecule has 1 aromatic carbocycles. The molecule has 1 aliphatic rings.